The van der Waals surface area contributed by atoms with E-state index in [0.717, 1.165) is 18.8 Å². The average molecular weight is 278 g/mol. The Morgan fingerprint density at radius 1 is 1.26 bits per heavy atom. The molecule has 0 aromatic heterocycles. The number of likely N-dealkylation sites (N-methyl/N-ethyl adjacent to an activating group) is 1. The maximum Gasteiger partial charge on any atom is 0.0664 e. The molecular weight excluding hydrogens is 252 g/mol. The fourth-order valence-corrected chi connectivity index (χ4v) is 5.03. The van der Waals surface area contributed by atoms with Gasteiger partial charge in [0.05, 0.1) is 5.54 Å². The molecule has 0 amide bonds. The Hall–Kier alpha value is -0.670. The third kappa shape index (κ3) is 2.50. The summed E-state index contributed by atoms with van der Waals surface area (Å²) in [4.78, 5) is 2.53. The summed E-state index contributed by atoms with van der Waals surface area (Å²) in [5.41, 5.74) is 7.88. The van der Waals surface area contributed by atoms with E-state index in [1.165, 1.54) is 17.9 Å². The second-order valence-corrected chi connectivity index (χ2v) is 7.11. The standard InChI is InChI=1S/C16H26N2S/c1-4-18(14-8-6-5-7-9-14)16(12-17)13-19-11-10-15(16,2)3/h5-9H,4,10-13,17H2,1-3H3. The minimum Gasteiger partial charge on any atom is -0.363 e. The van der Waals surface area contributed by atoms with Crippen molar-refractivity contribution in [2.24, 2.45) is 11.1 Å². The number of rotatable bonds is 4. The topological polar surface area (TPSA) is 29.3 Å². The van der Waals surface area contributed by atoms with Gasteiger partial charge in [0.2, 0.25) is 0 Å². The normalized spacial score (nSPS) is 26.1. The molecule has 0 radical (unpaired) electrons. The molecule has 1 fully saturated rings. The zero-order valence-electron chi connectivity index (χ0n) is 12.4. The Labute approximate surface area is 121 Å². The largest absolute Gasteiger partial charge is 0.363 e. The number of benzene rings is 1. The first kappa shape index (κ1) is 14.7. The van der Waals surface area contributed by atoms with Crippen LogP contribution in [0.1, 0.15) is 27.2 Å². The molecule has 1 aliphatic rings. The van der Waals surface area contributed by atoms with E-state index in [0.29, 0.717) is 0 Å². The Balaban J connectivity index is 2.43. The molecule has 19 heavy (non-hydrogen) atoms. The first-order valence-electron chi connectivity index (χ1n) is 7.18. The van der Waals surface area contributed by atoms with Crippen LogP contribution in [0.25, 0.3) is 0 Å². The number of thioether (sulfide) groups is 1. The predicted molar refractivity (Wildman–Crippen MR) is 87.0 cm³/mol. The van der Waals surface area contributed by atoms with Gasteiger partial charge in [-0.25, -0.2) is 0 Å². The van der Waals surface area contributed by atoms with E-state index >= 15 is 0 Å². The van der Waals surface area contributed by atoms with Gasteiger partial charge in [0.1, 0.15) is 0 Å². The van der Waals surface area contributed by atoms with Crippen LogP contribution in [0.15, 0.2) is 30.3 Å². The van der Waals surface area contributed by atoms with Gasteiger partial charge in [-0.3, -0.25) is 0 Å². The highest BCUT2D eigenvalue weighted by Crippen LogP contribution is 2.46. The lowest BCUT2D eigenvalue weighted by Gasteiger charge is -2.56. The summed E-state index contributed by atoms with van der Waals surface area (Å²) in [6.45, 7) is 8.72. The number of anilines is 1. The minimum absolute atomic E-state index is 0.0615. The van der Waals surface area contributed by atoms with Crippen molar-refractivity contribution >= 4 is 17.4 Å². The summed E-state index contributed by atoms with van der Waals surface area (Å²) >= 11 is 2.05. The predicted octanol–water partition coefficient (Wildman–Crippen LogP) is 3.37. The molecule has 106 valence electrons. The highest BCUT2D eigenvalue weighted by molar-refractivity contribution is 7.99. The smallest absolute Gasteiger partial charge is 0.0664 e. The zero-order valence-corrected chi connectivity index (χ0v) is 13.2. The van der Waals surface area contributed by atoms with E-state index in [-0.39, 0.29) is 11.0 Å². The Kier molecular flexibility index (Phi) is 4.46. The number of hydrogen-bond acceptors (Lipinski definition) is 3. The van der Waals surface area contributed by atoms with Gasteiger partial charge in [0.25, 0.3) is 0 Å². The van der Waals surface area contributed by atoms with Crippen LogP contribution in [-0.2, 0) is 0 Å². The van der Waals surface area contributed by atoms with E-state index < -0.39 is 0 Å². The molecule has 1 aromatic carbocycles. The molecule has 1 saturated heterocycles. The van der Waals surface area contributed by atoms with Crippen LogP contribution in [0.2, 0.25) is 0 Å². The first-order chi connectivity index (χ1) is 9.07. The number of hydrogen-bond donors (Lipinski definition) is 1. The molecule has 0 bridgehead atoms. The minimum atomic E-state index is 0.0615. The second kappa shape index (κ2) is 5.76. The van der Waals surface area contributed by atoms with Gasteiger partial charge < -0.3 is 10.6 Å². The molecule has 0 spiro atoms. The SMILES string of the molecule is CCN(c1ccccc1)C1(CN)CSCCC1(C)C. The number of para-hydroxylation sites is 1. The van der Waals surface area contributed by atoms with Gasteiger partial charge in [-0.15, -0.1) is 0 Å². The van der Waals surface area contributed by atoms with Crippen molar-refractivity contribution in [3.05, 3.63) is 30.3 Å². The van der Waals surface area contributed by atoms with Crippen LogP contribution < -0.4 is 10.6 Å². The van der Waals surface area contributed by atoms with E-state index in [9.17, 15) is 0 Å². The molecule has 2 nitrogen and oxygen atoms in total. The van der Waals surface area contributed by atoms with Crippen LogP contribution in [0, 0.1) is 5.41 Å². The molecule has 1 atom stereocenters. The number of nitrogens with two attached hydrogens (primary N) is 1. The van der Waals surface area contributed by atoms with Crippen molar-refractivity contribution in [2.45, 2.75) is 32.7 Å². The molecule has 1 unspecified atom stereocenters. The summed E-state index contributed by atoms with van der Waals surface area (Å²) < 4.78 is 0. The first-order valence-corrected chi connectivity index (χ1v) is 8.33. The van der Waals surface area contributed by atoms with Crippen LogP contribution in [0.4, 0.5) is 5.69 Å². The van der Waals surface area contributed by atoms with E-state index in [4.69, 9.17) is 5.73 Å². The summed E-state index contributed by atoms with van der Waals surface area (Å²) in [6.07, 6.45) is 1.23. The van der Waals surface area contributed by atoms with E-state index in [1.54, 1.807) is 0 Å². The fourth-order valence-electron chi connectivity index (χ4n) is 3.23. The van der Waals surface area contributed by atoms with E-state index in [1.807, 2.05) is 11.8 Å². The third-order valence-electron chi connectivity index (χ3n) is 4.71. The Morgan fingerprint density at radius 2 is 1.95 bits per heavy atom. The van der Waals surface area contributed by atoms with Crippen LogP contribution in [0.5, 0.6) is 0 Å². The van der Waals surface area contributed by atoms with Crippen molar-refractivity contribution in [1.82, 2.24) is 0 Å². The van der Waals surface area contributed by atoms with Gasteiger partial charge in [-0.05, 0) is 36.6 Å². The maximum absolute atomic E-state index is 6.27. The zero-order chi connectivity index (χ0) is 13.9. The van der Waals surface area contributed by atoms with Crippen LogP contribution in [0.3, 0.4) is 0 Å². The third-order valence-corrected chi connectivity index (χ3v) is 5.88. The van der Waals surface area contributed by atoms with Crippen LogP contribution >= 0.6 is 11.8 Å². The van der Waals surface area contributed by atoms with Crippen molar-refractivity contribution < 1.29 is 0 Å². The summed E-state index contributed by atoms with van der Waals surface area (Å²) in [6, 6.07) is 10.7. The summed E-state index contributed by atoms with van der Waals surface area (Å²) in [7, 11) is 0. The van der Waals surface area contributed by atoms with Gasteiger partial charge in [0, 0.05) is 24.5 Å². The molecule has 1 heterocycles. The van der Waals surface area contributed by atoms with Gasteiger partial charge in [0.15, 0.2) is 0 Å². The lowest BCUT2D eigenvalue weighted by molar-refractivity contribution is 0.170. The van der Waals surface area contributed by atoms with Crippen molar-refractivity contribution in [3.63, 3.8) is 0 Å². The monoisotopic (exact) mass is 278 g/mol. The number of nitrogens with zero attached hydrogens (tertiary/aromatic N) is 1. The molecular formula is C16H26N2S. The summed E-state index contributed by atoms with van der Waals surface area (Å²) in [5.74, 6) is 2.38. The van der Waals surface area contributed by atoms with Crippen LogP contribution in [-0.4, -0.2) is 30.1 Å². The quantitative estimate of drug-likeness (QED) is 0.915. The van der Waals surface area contributed by atoms with Gasteiger partial charge >= 0.3 is 0 Å². The maximum atomic E-state index is 6.27. The van der Waals surface area contributed by atoms with Gasteiger partial charge in [-0.1, -0.05) is 32.0 Å². The molecule has 0 saturated carbocycles. The lowest BCUT2D eigenvalue weighted by atomic mass is 9.69. The average Bonchev–Trinajstić information content (AvgIpc) is 2.42. The Bertz CT molecular complexity index is 404. The second-order valence-electron chi connectivity index (χ2n) is 6.00. The molecule has 1 aliphatic heterocycles. The van der Waals surface area contributed by atoms with Crippen molar-refractivity contribution in [2.75, 3.05) is 29.5 Å². The fraction of sp³-hybridized carbons (Fsp3) is 0.625. The molecule has 1 aromatic rings. The highest BCUT2D eigenvalue weighted by Gasteiger charge is 2.49. The lowest BCUT2D eigenvalue weighted by Crippen LogP contribution is -2.66. The molecule has 2 N–H and O–H groups in total. The summed E-state index contributed by atoms with van der Waals surface area (Å²) in [5, 5.41) is 0. The van der Waals surface area contributed by atoms with Gasteiger partial charge in [-0.2, -0.15) is 11.8 Å². The molecule has 3 heteroatoms. The molecule has 2 rings (SSSR count). The van der Waals surface area contributed by atoms with Crippen molar-refractivity contribution in [3.8, 4) is 0 Å². The highest BCUT2D eigenvalue weighted by atomic mass is 32.2. The Morgan fingerprint density at radius 3 is 2.47 bits per heavy atom. The van der Waals surface area contributed by atoms with E-state index in [2.05, 4.69) is 56.0 Å². The van der Waals surface area contributed by atoms with Crippen molar-refractivity contribution in [1.29, 1.82) is 0 Å². The molecule has 0 aliphatic carbocycles.